The number of nitrogens with zero attached hydrogens (tertiary/aromatic N) is 1. The molecule has 112 valence electrons. The number of hydrogen-bond donors (Lipinski definition) is 1. The zero-order valence-electron chi connectivity index (χ0n) is 12.1. The Morgan fingerprint density at radius 1 is 1.35 bits per heavy atom. The van der Waals surface area contributed by atoms with Gasteiger partial charge >= 0.3 is 0 Å². The maximum absolute atomic E-state index is 5.79. The predicted octanol–water partition coefficient (Wildman–Crippen LogP) is 1.62. The number of pyridine rings is 1. The van der Waals surface area contributed by atoms with E-state index in [4.69, 9.17) is 14.2 Å². The third kappa shape index (κ3) is 5.45. The molecule has 0 spiro atoms. The second-order valence-corrected chi connectivity index (χ2v) is 5.02. The molecule has 1 aromatic heterocycles. The van der Waals surface area contributed by atoms with Crippen LogP contribution in [0.5, 0.6) is 5.75 Å². The number of rotatable bonds is 8. The van der Waals surface area contributed by atoms with Gasteiger partial charge in [-0.15, -0.1) is 0 Å². The molecule has 1 saturated heterocycles. The smallest absolute Gasteiger partial charge is 0.137 e. The van der Waals surface area contributed by atoms with Crippen LogP contribution in [0.2, 0.25) is 0 Å². The Hall–Kier alpha value is -1.17. The minimum absolute atomic E-state index is 0.610. The summed E-state index contributed by atoms with van der Waals surface area (Å²) >= 11 is 0. The molecule has 0 atom stereocenters. The maximum Gasteiger partial charge on any atom is 0.137 e. The highest BCUT2D eigenvalue weighted by atomic mass is 16.5. The molecule has 20 heavy (non-hydrogen) atoms. The van der Waals surface area contributed by atoms with Crippen molar-refractivity contribution >= 4 is 0 Å². The van der Waals surface area contributed by atoms with Crippen LogP contribution in [0.3, 0.4) is 0 Å². The first-order valence-corrected chi connectivity index (χ1v) is 7.23. The van der Waals surface area contributed by atoms with Crippen molar-refractivity contribution in [2.24, 2.45) is 5.92 Å². The Morgan fingerprint density at radius 2 is 2.20 bits per heavy atom. The van der Waals surface area contributed by atoms with Crippen molar-refractivity contribution < 1.29 is 14.2 Å². The summed E-state index contributed by atoms with van der Waals surface area (Å²) in [6, 6.07) is 3.98. The van der Waals surface area contributed by atoms with E-state index in [0.717, 1.165) is 57.2 Å². The molecule has 1 aromatic rings. The fraction of sp³-hybridized carbons (Fsp3) is 0.667. The highest BCUT2D eigenvalue weighted by Gasteiger charge is 2.14. The second-order valence-electron chi connectivity index (χ2n) is 5.02. The third-order valence-electron chi connectivity index (χ3n) is 3.41. The quantitative estimate of drug-likeness (QED) is 0.733. The molecule has 5 heteroatoms. The van der Waals surface area contributed by atoms with Crippen molar-refractivity contribution in [3.63, 3.8) is 0 Å². The molecular formula is C15H24N2O3. The van der Waals surface area contributed by atoms with Crippen LogP contribution in [0.4, 0.5) is 0 Å². The minimum Gasteiger partial charge on any atom is -0.492 e. The largest absolute Gasteiger partial charge is 0.492 e. The average molecular weight is 280 g/mol. The summed E-state index contributed by atoms with van der Waals surface area (Å²) in [6.45, 7) is 4.78. The van der Waals surface area contributed by atoms with E-state index >= 15 is 0 Å². The Balaban J connectivity index is 1.68. The van der Waals surface area contributed by atoms with Crippen molar-refractivity contribution in [3.8, 4) is 5.75 Å². The summed E-state index contributed by atoms with van der Waals surface area (Å²) in [5.41, 5.74) is 1.01. The van der Waals surface area contributed by atoms with Gasteiger partial charge in [0.1, 0.15) is 5.75 Å². The number of aromatic nitrogens is 1. The first-order chi connectivity index (χ1) is 9.88. The van der Waals surface area contributed by atoms with Gasteiger partial charge in [0.15, 0.2) is 0 Å². The van der Waals surface area contributed by atoms with Crippen LogP contribution < -0.4 is 10.1 Å². The lowest BCUT2D eigenvalue weighted by atomic mass is 10.0. The van der Waals surface area contributed by atoms with Crippen molar-refractivity contribution in [1.29, 1.82) is 0 Å². The lowest BCUT2D eigenvalue weighted by molar-refractivity contribution is 0.0497. The summed E-state index contributed by atoms with van der Waals surface area (Å²) in [4.78, 5) is 4.39. The highest BCUT2D eigenvalue weighted by Crippen LogP contribution is 2.17. The van der Waals surface area contributed by atoms with E-state index in [1.54, 1.807) is 13.3 Å². The molecule has 1 N–H and O–H groups in total. The molecule has 2 heterocycles. The molecule has 0 aromatic carbocycles. The molecule has 0 amide bonds. The van der Waals surface area contributed by atoms with Gasteiger partial charge in [-0.2, -0.15) is 0 Å². The Bertz CT molecular complexity index is 364. The number of hydrogen-bond acceptors (Lipinski definition) is 5. The van der Waals surface area contributed by atoms with E-state index in [1.165, 1.54) is 0 Å². The molecule has 1 aliphatic rings. The fourth-order valence-corrected chi connectivity index (χ4v) is 2.12. The number of methoxy groups -OCH3 is 1. The Kier molecular flexibility index (Phi) is 6.77. The van der Waals surface area contributed by atoms with Gasteiger partial charge in [0.2, 0.25) is 0 Å². The van der Waals surface area contributed by atoms with Crippen LogP contribution in [-0.2, 0) is 16.0 Å². The fourth-order valence-electron chi connectivity index (χ4n) is 2.12. The van der Waals surface area contributed by atoms with Gasteiger partial charge < -0.3 is 19.5 Å². The predicted molar refractivity (Wildman–Crippen MR) is 76.9 cm³/mol. The Morgan fingerprint density at radius 3 is 2.90 bits per heavy atom. The van der Waals surface area contributed by atoms with E-state index in [1.807, 2.05) is 12.1 Å². The lowest BCUT2D eigenvalue weighted by Gasteiger charge is -2.21. The second kappa shape index (κ2) is 8.89. The monoisotopic (exact) mass is 280 g/mol. The first-order valence-electron chi connectivity index (χ1n) is 7.23. The van der Waals surface area contributed by atoms with Crippen molar-refractivity contribution in [3.05, 3.63) is 24.0 Å². The molecule has 0 aliphatic carbocycles. The highest BCUT2D eigenvalue weighted by molar-refractivity contribution is 5.19. The zero-order chi connectivity index (χ0) is 14.0. The Labute approximate surface area is 120 Å². The van der Waals surface area contributed by atoms with Gasteiger partial charge in [0, 0.05) is 33.4 Å². The van der Waals surface area contributed by atoms with Gasteiger partial charge in [0.05, 0.1) is 25.1 Å². The van der Waals surface area contributed by atoms with E-state index in [-0.39, 0.29) is 0 Å². The van der Waals surface area contributed by atoms with Crippen LogP contribution in [0, 0.1) is 5.92 Å². The molecule has 1 aliphatic heterocycles. The summed E-state index contributed by atoms with van der Waals surface area (Å²) in [6.07, 6.45) is 3.98. The van der Waals surface area contributed by atoms with E-state index in [2.05, 4.69) is 10.3 Å². The lowest BCUT2D eigenvalue weighted by Crippen LogP contribution is -2.21. The summed E-state index contributed by atoms with van der Waals surface area (Å²) in [5.74, 6) is 1.45. The summed E-state index contributed by atoms with van der Waals surface area (Å²) in [7, 11) is 1.70. The van der Waals surface area contributed by atoms with E-state index in [0.29, 0.717) is 12.5 Å². The normalized spacial score (nSPS) is 16.2. The van der Waals surface area contributed by atoms with Crippen LogP contribution in [0.25, 0.3) is 0 Å². The zero-order valence-corrected chi connectivity index (χ0v) is 12.1. The van der Waals surface area contributed by atoms with Crippen molar-refractivity contribution in [1.82, 2.24) is 10.3 Å². The van der Waals surface area contributed by atoms with Gasteiger partial charge in [-0.1, -0.05) is 0 Å². The van der Waals surface area contributed by atoms with Gasteiger partial charge in [-0.25, -0.2) is 0 Å². The van der Waals surface area contributed by atoms with Gasteiger partial charge in [-0.3, -0.25) is 4.98 Å². The maximum atomic E-state index is 5.79. The van der Waals surface area contributed by atoms with Crippen molar-refractivity contribution in [2.75, 3.05) is 40.1 Å². The van der Waals surface area contributed by atoms with Gasteiger partial charge in [0.25, 0.3) is 0 Å². The third-order valence-corrected chi connectivity index (χ3v) is 3.41. The molecular weight excluding hydrogens is 256 g/mol. The molecule has 0 saturated carbocycles. The molecule has 0 bridgehead atoms. The SMILES string of the molecule is COCCNCc1ccc(OCC2CCOCC2)cn1. The first kappa shape index (κ1) is 15.2. The van der Waals surface area contributed by atoms with Crippen molar-refractivity contribution in [2.45, 2.75) is 19.4 Å². The minimum atomic E-state index is 0.610. The number of ether oxygens (including phenoxy) is 3. The van der Waals surface area contributed by atoms with E-state index < -0.39 is 0 Å². The molecule has 2 rings (SSSR count). The molecule has 1 fully saturated rings. The topological polar surface area (TPSA) is 52.6 Å². The molecule has 0 unspecified atom stereocenters. The van der Waals surface area contributed by atoms with E-state index in [9.17, 15) is 0 Å². The van der Waals surface area contributed by atoms with Crippen LogP contribution >= 0.6 is 0 Å². The molecule has 5 nitrogen and oxygen atoms in total. The molecule has 0 radical (unpaired) electrons. The average Bonchev–Trinajstić information content (AvgIpc) is 2.52. The summed E-state index contributed by atoms with van der Waals surface area (Å²) in [5, 5.41) is 3.26. The summed E-state index contributed by atoms with van der Waals surface area (Å²) < 4.78 is 16.1. The van der Waals surface area contributed by atoms with Crippen LogP contribution in [0.1, 0.15) is 18.5 Å². The van der Waals surface area contributed by atoms with Crippen LogP contribution in [-0.4, -0.2) is 45.1 Å². The number of nitrogens with one attached hydrogen (secondary N) is 1. The van der Waals surface area contributed by atoms with Crippen LogP contribution in [0.15, 0.2) is 18.3 Å². The van der Waals surface area contributed by atoms with Gasteiger partial charge in [-0.05, 0) is 30.9 Å². The standard InChI is InChI=1S/C15H24N2O3/c1-18-9-6-16-10-14-2-3-15(11-17-14)20-12-13-4-7-19-8-5-13/h2-3,11,13,16H,4-10,12H2,1H3.